The van der Waals surface area contributed by atoms with Crippen LogP contribution in [0.4, 0.5) is 0 Å². The molecule has 0 aliphatic rings. The molecule has 0 fully saturated rings. The fourth-order valence-corrected chi connectivity index (χ4v) is 3.59. The molecule has 0 unspecified atom stereocenters. The number of hydroxylamine groups is 2. The van der Waals surface area contributed by atoms with Crippen molar-refractivity contribution in [2.75, 3.05) is 33.0 Å². The summed E-state index contributed by atoms with van der Waals surface area (Å²) < 4.78 is 0. The zero-order chi connectivity index (χ0) is 21.3. The van der Waals surface area contributed by atoms with Crippen molar-refractivity contribution in [2.45, 2.75) is 122 Å². The minimum absolute atomic E-state index is 0.0297. The van der Waals surface area contributed by atoms with E-state index in [4.69, 9.17) is 19.9 Å². The average Bonchev–Trinajstić information content (AvgIpc) is 2.74. The topological polar surface area (TPSA) is 62.2 Å². The second kappa shape index (κ2) is 25.8. The standard InChI is InChI=1S/C24H51NO4/c1-2-3-4-5-6-7-8-9-10-11-12-13-14-15-16-17-18-19-20-25(28-23-21-26)29-24-22-27/h26-27H,2-24H2,1H3. The quantitative estimate of drug-likeness (QED) is 0.137. The normalized spacial score (nSPS) is 11.6. The molecule has 0 rings (SSSR count). The van der Waals surface area contributed by atoms with Crippen LogP contribution in [-0.4, -0.2) is 48.4 Å². The smallest absolute Gasteiger partial charge is 0.0942 e. The van der Waals surface area contributed by atoms with Crippen molar-refractivity contribution in [3.63, 3.8) is 0 Å². The van der Waals surface area contributed by atoms with Crippen LogP contribution in [0.25, 0.3) is 0 Å². The van der Waals surface area contributed by atoms with Crippen molar-refractivity contribution in [1.82, 2.24) is 5.23 Å². The van der Waals surface area contributed by atoms with Crippen LogP contribution >= 0.6 is 0 Å². The maximum Gasteiger partial charge on any atom is 0.0942 e. The Labute approximate surface area is 181 Å². The number of aliphatic hydroxyl groups is 2. The van der Waals surface area contributed by atoms with Gasteiger partial charge in [0.2, 0.25) is 0 Å². The average molecular weight is 418 g/mol. The molecule has 176 valence electrons. The monoisotopic (exact) mass is 417 g/mol. The first-order chi connectivity index (χ1) is 14.3. The van der Waals surface area contributed by atoms with Crippen molar-refractivity contribution in [2.24, 2.45) is 0 Å². The molecule has 5 nitrogen and oxygen atoms in total. The number of aliphatic hydroxyl groups excluding tert-OH is 2. The summed E-state index contributed by atoms with van der Waals surface area (Å²) in [7, 11) is 0. The van der Waals surface area contributed by atoms with Gasteiger partial charge in [-0.15, -0.1) is 0 Å². The van der Waals surface area contributed by atoms with Crippen LogP contribution in [0, 0.1) is 0 Å². The molecule has 0 bridgehead atoms. The largest absolute Gasteiger partial charge is 0.394 e. The van der Waals surface area contributed by atoms with E-state index in [1.165, 1.54) is 114 Å². The van der Waals surface area contributed by atoms with Gasteiger partial charge in [0.25, 0.3) is 0 Å². The second-order valence-electron chi connectivity index (χ2n) is 8.18. The van der Waals surface area contributed by atoms with Crippen molar-refractivity contribution in [3.05, 3.63) is 0 Å². The molecule has 29 heavy (non-hydrogen) atoms. The Hall–Kier alpha value is -0.200. The van der Waals surface area contributed by atoms with Crippen LogP contribution in [0.1, 0.15) is 122 Å². The van der Waals surface area contributed by atoms with Gasteiger partial charge in [0, 0.05) is 0 Å². The van der Waals surface area contributed by atoms with E-state index in [1.54, 1.807) is 0 Å². The first-order valence-electron chi connectivity index (χ1n) is 12.6. The molecule has 0 aromatic carbocycles. The molecule has 0 radical (unpaired) electrons. The van der Waals surface area contributed by atoms with Crippen LogP contribution in [0.15, 0.2) is 0 Å². The fourth-order valence-electron chi connectivity index (χ4n) is 3.59. The third-order valence-corrected chi connectivity index (χ3v) is 5.35. The van der Waals surface area contributed by atoms with Gasteiger partial charge < -0.3 is 10.2 Å². The maximum absolute atomic E-state index is 8.81. The number of hydrogen-bond donors (Lipinski definition) is 2. The lowest BCUT2D eigenvalue weighted by Crippen LogP contribution is -2.28. The summed E-state index contributed by atoms with van der Waals surface area (Å²) in [6.07, 6.45) is 24.6. The first kappa shape index (κ1) is 28.8. The molecule has 0 spiro atoms. The lowest BCUT2D eigenvalue weighted by atomic mass is 10.0. The van der Waals surface area contributed by atoms with E-state index < -0.39 is 0 Å². The van der Waals surface area contributed by atoms with Crippen molar-refractivity contribution >= 4 is 0 Å². The summed E-state index contributed by atoms with van der Waals surface area (Å²) in [5.41, 5.74) is 0. The van der Waals surface area contributed by atoms with Gasteiger partial charge in [-0.3, -0.25) is 9.68 Å². The molecule has 2 N–H and O–H groups in total. The third-order valence-electron chi connectivity index (χ3n) is 5.35. The second-order valence-corrected chi connectivity index (χ2v) is 8.18. The Balaban J connectivity index is 3.22. The van der Waals surface area contributed by atoms with Crippen LogP contribution < -0.4 is 0 Å². The molecular weight excluding hydrogens is 366 g/mol. The van der Waals surface area contributed by atoms with E-state index >= 15 is 0 Å². The van der Waals surface area contributed by atoms with Crippen molar-refractivity contribution in [1.29, 1.82) is 0 Å². The van der Waals surface area contributed by atoms with Crippen LogP contribution in [0.5, 0.6) is 0 Å². The molecule has 5 heteroatoms. The number of nitrogens with zero attached hydrogens (tertiary/aromatic N) is 1. The van der Waals surface area contributed by atoms with Crippen molar-refractivity contribution in [3.8, 4) is 0 Å². The van der Waals surface area contributed by atoms with E-state index in [9.17, 15) is 0 Å². The fraction of sp³-hybridized carbons (Fsp3) is 1.00. The van der Waals surface area contributed by atoms with Crippen LogP contribution in [0.2, 0.25) is 0 Å². The third kappa shape index (κ3) is 23.9. The van der Waals surface area contributed by atoms with E-state index in [2.05, 4.69) is 6.92 Å². The summed E-state index contributed by atoms with van der Waals surface area (Å²) >= 11 is 0. The van der Waals surface area contributed by atoms with Gasteiger partial charge in [0.1, 0.15) is 0 Å². The zero-order valence-electron chi connectivity index (χ0n) is 19.4. The molecular formula is C24H51NO4. The van der Waals surface area contributed by atoms with Crippen LogP contribution in [-0.2, 0) is 9.68 Å². The SMILES string of the molecule is CCCCCCCCCCCCCCCCCCCCN(OCCO)OCCO. The number of rotatable bonds is 25. The molecule has 0 aromatic heterocycles. The van der Waals surface area contributed by atoms with E-state index in [-0.39, 0.29) is 26.4 Å². The lowest BCUT2D eigenvalue weighted by Gasteiger charge is -2.20. The highest BCUT2D eigenvalue weighted by Crippen LogP contribution is 2.14. The molecule has 0 aliphatic heterocycles. The Morgan fingerprint density at radius 2 is 0.793 bits per heavy atom. The molecule has 0 aliphatic carbocycles. The summed E-state index contributed by atoms with van der Waals surface area (Å²) in [6.45, 7) is 3.36. The highest BCUT2D eigenvalue weighted by atomic mass is 16.9. The predicted molar refractivity (Wildman–Crippen MR) is 122 cm³/mol. The summed E-state index contributed by atoms with van der Waals surface area (Å²) in [4.78, 5) is 10.6. The Bertz CT molecular complexity index is 284. The van der Waals surface area contributed by atoms with Crippen molar-refractivity contribution < 1.29 is 19.9 Å². The highest BCUT2D eigenvalue weighted by molar-refractivity contribution is 4.50. The van der Waals surface area contributed by atoms with Gasteiger partial charge >= 0.3 is 0 Å². The lowest BCUT2D eigenvalue weighted by molar-refractivity contribution is -0.371. The number of hydrogen-bond acceptors (Lipinski definition) is 5. The van der Waals surface area contributed by atoms with Gasteiger partial charge in [-0.25, -0.2) is 0 Å². The minimum Gasteiger partial charge on any atom is -0.394 e. The minimum atomic E-state index is -0.0297. The number of unbranched alkanes of at least 4 members (excludes halogenated alkanes) is 17. The first-order valence-corrected chi connectivity index (χ1v) is 12.6. The molecule has 0 atom stereocenters. The van der Waals surface area contributed by atoms with E-state index in [0.29, 0.717) is 6.54 Å². The van der Waals surface area contributed by atoms with E-state index in [1.807, 2.05) is 0 Å². The summed E-state index contributed by atoms with van der Waals surface area (Å²) in [5.74, 6) is 0. The van der Waals surface area contributed by atoms with E-state index in [0.717, 1.165) is 6.42 Å². The van der Waals surface area contributed by atoms with Gasteiger partial charge in [-0.1, -0.05) is 121 Å². The van der Waals surface area contributed by atoms with Gasteiger partial charge in [0.15, 0.2) is 0 Å². The molecule has 0 saturated carbocycles. The summed E-state index contributed by atoms with van der Waals surface area (Å²) in [5, 5.41) is 19.0. The summed E-state index contributed by atoms with van der Waals surface area (Å²) in [6, 6.07) is 0. The van der Waals surface area contributed by atoms with Gasteiger partial charge in [0.05, 0.1) is 33.0 Å². The predicted octanol–water partition coefficient (Wildman–Crippen LogP) is 6.18. The molecule has 0 amide bonds. The Morgan fingerprint density at radius 3 is 1.10 bits per heavy atom. The maximum atomic E-state index is 8.81. The van der Waals surface area contributed by atoms with Crippen LogP contribution in [0.3, 0.4) is 0 Å². The van der Waals surface area contributed by atoms with Gasteiger partial charge in [-0.2, -0.15) is 0 Å². The Morgan fingerprint density at radius 1 is 0.483 bits per heavy atom. The highest BCUT2D eigenvalue weighted by Gasteiger charge is 2.05. The van der Waals surface area contributed by atoms with Gasteiger partial charge in [-0.05, 0) is 6.42 Å². The Kier molecular flexibility index (Phi) is 25.7. The molecule has 0 saturated heterocycles. The molecule has 0 heterocycles. The zero-order valence-corrected chi connectivity index (χ0v) is 19.4. The molecule has 0 aromatic rings.